The first-order chi connectivity index (χ1) is 15.4. The molecule has 2 heterocycles. The van der Waals surface area contributed by atoms with Crippen molar-refractivity contribution in [1.29, 1.82) is 0 Å². The van der Waals surface area contributed by atoms with Crippen LogP contribution in [0.25, 0.3) is 11.1 Å². The van der Waals surface area contributed by atoms with E-state index in [0.29, 0.717) is 23.3 Å². The fraction of sp³-hybridized carbons (Fsp3) is 0.238. The van der Waals surface area contributed by atoms with Crippen LogP contribution in [0, 0.1) is 0 Å². The van der Waals surface area contributed by atoms with Crippen molar-refractivity contribution in [2.45, 2.75) is 25.4 Å². The maximum absolute atomic E-state index is 13.2. The maximum atomic E-state index is 13.2. The number of amides is 1. The van der Waals surface area contributed by atoms with Gasteiger partial charge in [-0.1, -0.05) is 11.6 Å². The van der Waals surface area contributed by atoms with E-state index in [9.17, 15) is 36.2 Å². The molecule has 0 saturated carbocycles. The van der Waals surface area contributed by atoms with Gasteiger partial charge in [-0.05, 0) is 41.5 Å². The summed E-state index contributed by atoms with van der Waals surface area (Å²) < 4.78 is 84.1. The highest BCUT2D eigenvalue weighted by Gasteiger charge is 2.37. The van der Waals surface area contributed by atoms with Gasteiger partial charge < -0.3 is 14.4 Å². The van der Waals surface area contributed by atoms with Crippen LogP contribution in [0.15, 0.2) is 53.5 Å². The number of furan rings is 1. The molecule has 33 heavy (non-hydrogen) atoms. The second-order valence-corrected chi connectivity index (χ2v) is 7.32. The van der Waals surface area contributed by atoms with Crippen molar-refractivity contribution >= 4 is 17.5 Å². The zero-order valence-corrected chi connectivity index (χ0v) is 17.3. The summed E-state index contributed by atoms with van der Waals surface area (Å²) in [4.78, 5) is 17.2. The Balaban J connectivity index is 2.03. The minimum absolute atomic E-state index is 0.00328. The van der Waals surface area contributed by atoms with E-state index >= 15 is 0 Å². The highest BCUT2D eigenvalue weighted by Crippen LogP contribution is 2.37. The van der Waals surface area contributed by atoms with Gasteiger partial charge in [0, 0.05) is 30.4 Å². The Kier molecular flexibility index (Phi) is 7.03. The van der Waals surface area contributed by atoms with E-state index in [2.05, 4.69) is 4.98 Å². The van der Waals surface area contributed by atoms with Gasteiger partial charge in [-0.3, -0.25) is 4.79 Å². The summed E-state index contributed by atoms with van der Waals surface area (Å²) >= 11 is 6.17. The number of pyridine rings is 1. The smallest absolute Gasteiger partial charge is 0.416 e. The summed E-state index contributed by atoms with van der Waals surface area (Å²) in [7, 11) is 0. The molecule has 176 valence electrons. The van der Waals surface area contributed by atoms with Crippen LogP contribution in [-0.4, -0.2) is 27.5 Å². The third kappa shape index (κ3) is 5.85. The molecule has 3 rings (SSSR count). The molecule has 0 saturated heterocycles. The summed E-state index contributed by atoms with van der Waals surface area (Å²) in [5, 5.41) is 9.30. The molecule has 12 heteroatoms. The number of carbonyl (C=O) groups excluding carboxylic acids is 1. The van der Waals surface area contributed by atoms with Crippen molar-refractivity contribution in [1.82, 2.24) is 9.88 Å². The normalized spacial score (nSPS) is 12.1. The van der Waals surface area contributed by atoms with Gasteiger partial charge in [0.15, 0.2) is 0 Å². The summed E-state index contributed by atoms with van der Waals surface area (Å²) in [6.07, 6.45) is -5.93. The quantitative estimate of drug-likeness (QED) is 0.362. The molecule has 0 aliphatic carbocycles. The summed E-state index contributed by atoms with van der Waals surface area (Å²) in [6, 6.07) is 4.19. The first kappa shape index (κ1) is 24.6. The average molecular weight is 493 g/mol. The fourth-order valence-electron chi connectivity index (χ4n) is 3.16. The van der Waals surface area contributed by atoms with E-state index in [4.69, 9.17) is 16.0 Å². The van der Waals surface area contributed by atoms with Crippen LogP contribution in [0.1, 0.15) is 22.3 Å². The molecule has 0 atom stereocenters. The van der Waals surface area contributed by atoms with Crippen LogP contribution < -0.4 is 0 Å². The molecular formula is C21H15ClF6N2O3. The van der Waals surface area contributed by atoms with E-state index in [-0.39, 0.29) is 23.3 Å². The Labute approximate surface area is 188 Å². The number of nitrogens with zero attached hydrogens (tertiary/aromatic N) is 2. The third-order valence-corrected chi connectivity index (χ3v) is 5.02. The van der Waals surface area contributed by atoms with Crippen LogP contribution in [0.2, 0.25) is 5.15 Å². The second-order valence-electron chi connectivity index (χ2n) is 6.96. The molecule has 0 unspecified atom stereocenters. The largest absolute Gasteiger partial charge is 0.472 e. The van der Waals surface area contributed by atoms with Gasteiger partial charge >= 0.3 is 12.4 Å². The predicted molar refractivity (Wildman–Crippen MR) is 105 cm³/mol. The number of aliphatic hydroxyl groups is 1. The van der Waals surface area contributed by atoms with Crippen molar-refractivity contribution in [3.05, 3.63) is 76.5 Å². The van der Waals surface area contributed by atoms with E-state index in [0.717, 1.165) is 4.90 Å². The van der Waals surface area contributed by atoms with Crippen molar-refractivity contribution in [2.75, 3.05) is 6.61 Å². The van der Waals surface area contributed by atoms with Gasteiger partial charge in [-0.2, -0.15) is 26.3 Å². The number of aromatic nitrogens is 1. The molecule has 1 amide bonds. The molecule has 0 fully saturated rings. The van der Waals surface area contributed by atoms with Crippen LogP contribution in [0.4, 0.5) is 26.3 Å². The number of benzene rings is 1. The molecule has 0 bridgehead atoms. The fourth-order valence-corrected chi connectivity index (χ4v) is 3.38. The van der Waals surface area contributed by atoms with Gasteiger partial charge in [-0.15, -0.1) is 0 Å². The van der Waals surface area contributed by atoms with E-state index in [1.807, 2.05) is 0 Å². The zero-order valence-electron chi connectivity index (χ0n) is 16.5. The average Bonchev–Trinajstić information content (AvgIpc) is 3.27. The van der Waals surface area contributed by atoms with E-state index < -0.39 is 48.1 Å². The Hall–Kier alpha value is -3.05. The number of hydrogen-bond donors (Lipinski definition) is 1. The first-order valence-electron chi connectivity index (χ1n) is 9.23. The lowest BCUT2D eigenvalue weighted by Crippen LogP contribution is -2.33. The molecule has 0 radical (unpaired) electrons. The van der Waals surface area contributed by atoms with Gasteiger partial charge in [0.1, 0.15) is 11.8 Å². The first-order valence-corrected chi connectivity index (χ1v) is 9.61. The van der Waals surface area contributed by atoms with Crippen LogP contribution >= 0.6 is 11.6 Å². The predicted octanol–water partition coefficient (Wildman–Crippen LogP) is 5.55. The van der Waals surface area contributed by atoms with E-state index in [1.165, 1.54) is 18.7 Å². The zero-order chi connectivity index (χ0) is 24.4. The number of aliphatic hydroxyl groups excluding tert-OH is 1. The molecule has 1 aromatic carbocycles. The molecule has 1 N–H and O–H groups in total. The van der Waals surface area contributed by atoms with Crippen LogP contribution in [-0.2, 0) is 30.2 Å². The lowest BCUT2D eigenvalue weighted by Gasteiger charge is -2.25. The summed E-state index contributed by atoms with van der Waals surface area (Å²) in [6.45, 7) is -2.02. The van der Waals surface area contributed by atoms with Crippen LogP contribution in [0.5, 0.6) is 0 Å². The molecule has 5 nitrogen and oxygen atoms in total. The van der Waals surface area contributed by atoms with Crippen molar-refractivity contribution in [3.63, 3.8) is 0 Å². The Morgan fingerprint density at radius 1 is 1.03 bits per heavy atom. The summed E-state index contributed by atoms with van der Waals surface area (Å²) in [5.41, 5.74) is -2.14. The maximum Gasteiger partial charge on any atom is 0.416 e. The highest BCUT2D eigenvalue weighted by atomic mass is 35.5. The summed E-state index contributed by atoms with van der Waals surface area (Å²) in [5.74, 6) is -0.931. The molecule has 3 aromatic rings. The second kappa shape index (κ2) is 9.44. The molecule has 0 aliphatic rings. The molecular weight excluding hydrogens is 478 g/mol. The number of alkyl halides is 6. The van der Waals surface area contributed by atoms with Gasteiger partial charge in [0.2, 0.25) is 5.91 Å². The molecule has 0 aliphatic heterocycles. The number of rotatable bonds is 6. The van der Waals surface area contributed by atoms with Crippen molar-refractivity contribution in [3.8, 4) is 11.1 Å². The molecule has 2 aromatic heterocycles. The standard InChI is InChI=1S/C21H15ClF6N2O3/c22-19-17(16(1-3-29-19)13-2-4-33-11-13)9-30(18(32)10-31)8-12-5-14(20(23,24)25)7-15(6-12)21(26,27)28/h1-7,11,31H,8-10H2. The lowest BCUT2D eigenvalue weighted by molar-refractivity contribution is -0.143. The molecule has 0 spiro atoms. The Bertz CT molecular complexity index is 1100. The Morgan fingerprint density at radius 2 is 1.67 bits per heavy atom. The monoisotopic (exact) mass is 492 g/mol. The lowest BCUT2D eigenvalue weighted by atomic mass is 10.0. The Morgan fingerprint density at radius 3 is 2.18 bits per heavy atom. The minimum Gasteiger partial charge on any atom is -0.472 e. The number of hydrogen-bond acceptors (Lipinski definition) is 4. The van der Waals surface area contributed by atoms with E-state index in [1.54, 1.807) is 12.1 Å². The van der Waals surface area contributed by atoms with Crippen LogP contribution in [0.3, 0.4) is 0 Å². The minimum atomic E-state index is -5.04. The SMILES string of the molecule is O=C(CO)N(Cc1cc(C(F)(F)F)cc(C(F)(F)F)c1)Cc1c(-c2ccoc2)ccnc1Cl. The third-order valence-electron chi connectivity index (χ3n) is 4.69. The van der Waals surface area contributed by atoms with Crippen molar-refractivity contribution in [2.24, 2.45) is 0 Å². The number of halogens is 7. The topological polar surface area (TPSA) is 66.6 Å². The number of carbonyl (C=O) groups is 1. The van der Waals surface area contributed by atoms with Gasteiger partial charge in [-0.25, -0.2) is 4.98 Å². The van der Waals surface area contributed by atoms with Gasteiger partial charge in [0.05, 0.1) is 23.7 Å². The highest BCUT2D eigenvalue weighted by molar-refractivity contribution is 6.30. The van der Waals surface area contributed by atoms with Crippen molar-refractivity contribution < 1.29 is 40.7 Å². The van der Waals surface area contributed by atoms with Gasteiger partial charge in [0.25, 0.3) is 0 Å².